The zero-order valence-electron chi connectivity index (χ0n) is 10.2. The summed E-state index contributed by atoms with van der Waals surface area (Å²) in [6.07, 6.45) is 0.412. The second-order valence-electron chi connectivity index (χ2n) is 3.76. The van der Waals surface area contributed by atoms with Gasteiger partial charge in [-0.05, 0) is 20.3 Å². The molecule has 5 heteroatoms. The third-order valence-electron chi connectivity index (χ3n) is 2.44. The van der Waals surface area contributed by atoms with Crippen LogP contribution >= 0.6 is 0 Å². The molecule has 0 aliphatic heterocycles. The Labute approximate surface area is 96.0 Å². The van der Waals surface area contributed by atoms with Gasteiger partial charge in [-0.2, -0.15) is 5.26 Å². The van der Waals surface area contributed by atoms with Crippen LogP contribution in [0.1, 0.15) is 27.2 Å². The van der Waals surface area contributed by atoms with Crippen molar-refractivity contribution in [3.63, 3.8) is 0 Å². The summed E-state index contributed by atoms with van der Waals surface area (Å²) in [6.45, 7) is 5.19. The summed E-state index contributed by atoms with van der Waals surface area (Å²) in [6, 6.07) is 1.97. The topological polar surface area (TPSA) is 70.4 Å². The van der Waals surface area contributed by atoms with Crippen LogP contribution < -0.4 is 0 Å². The van der Waals surface area contributed by atoms with Crippen molar-refractivity contribution in [1.82, 2.24) is 4.90 Å². The van der Waals surface area contributed by atoms with Crippen molar-refractivity contribution in [2.45, 2.75) is 27.2 Å². The molecule has 0 radical (unpaired) electrons. The molecule has 90 valence electrons. The van der Waals surface area contributed by atoms with E-state index in [0.717, 1.165) is 0 Å². The van der Waals surface area contributed by atoms with Crippen molar-refractivity contribution in [3.05, 3.63) is 0 Å². The van der Waals surface area contributed by atoms with E-state index in [1.165, 1.54) is 11.9 Å². The summed E-state index contributed by atoms with van der Waals surface area (Å²) in [5.74, 6) is -0.819. The van der Waals surface area contributed by atoms with Gasteiger partial charge in [0, 0.05) is 7.05 Å². The molecule has 0 bridgehead atoms. The molecule has 0 aromatic carbocycles. The van der Waals surface area contributed by atoms with Gasteiger partial charge in [-0.15, -0.1) is 0 Å². The van der Waals surface area contributed by atoms with Crippen LogP contribution in [0.3, 0.4) is 0 Å². The van der Waals surface area contributed by atoms with Gasteiger partial charge in [0.05, 0.1) is 12.7 Å². The van der Waals surface area contributed by atoms with Crippen LogP contribution in [0.2, 0.25) is 0 Å². The molecule has 1 atom stereocenters. The number of rotatable bonds is 5. The molecule has 0 rings (SSSR count). The first-order chi connectivity index (χ1) is 7.41. The summed E-state index contributed by atoms with van der Waals surface area (Å²) in [7, 11) is 1.49. The number of nitrogens with zero attached hydrogens (tertiary/aromatic N) is 2. The summed E-state index contributed by atoms with van der Waals surface area (Å²) < 4.78 is 4.73. The van der Waals surface area contributed by atoms with Crippen LogP contribution in [0.4, 0.5) is 0 Å². The van der Waals surface area contributed by atoms with E-state index in [1.807, 2.05) is 6.07 Å². The van der Waals surface area contributed by atoms with Crippen LogP contribution in [0.15, 0.2) is 0 Å². The van der Waals surface area contributed by atoms with E-state index < -0.39 is 11.4 Å². The highest BCUT2D eigenvalue weighted by Crippen LogP contribution is 2.22. The van der Waals surface area contributed by atoms with E-state index in [4.69, 9.17) is 10.00 Å². The van der Waals surface area contributed by atoms with E-state index in [2.05, 4.69) is 0 Å². The molecule has 0 heterocycles. The standard InChI is InChI=1S/C11H18N2O3/c1-5-11(3,8-12)10(15)13(4)7-9(14)16-6-2/h5-7H2,1-4H3. The Bertz CT molecular complexity index is 309. The Kier molecular flexibility index (Phi) is 5.51. The smallest absolute Gasteiger partial charge is 0.325 e. The van der Waals surface area contributed by atoms with Crippen LogP contribution in [0, 0.1) is 16.7 Å². The first kappa shape index (κ1) is 14.4. The average molecular weight is 226 g/mol. The molecule has 0 saturated carbocycles. The van der Waals surface area contributed by atoms with Crippen LogP contribution in [0.5, 0.6) is 0 Å². The van der Waals surface area contributed by atoms with Crippen molar-refractivity contribution in [1.29, 1.82) is 5.26 Å². The minimum absolute atomic E-state index is 0.121. The molecule has 0 fully saturated rings. The zero-order valence-corrected chi connectivity index (χ0v) is 10.2. The van der Waals surface area contributed by atoms with Crippen LogP contribution in [0.25, 0.3) is 0 Å². The quantitative estimate of drug-likeness (QED) is 0.654. The lowest BCUT2D eigenvalue weighted by Gasteiger charge is -2.25. The highest BCUT2D eigenvalue weighted by molar-refractivity contribution is 5.87. The number of esters is 1. The molecular weight excluding hydrogens is 208 g/mol. The monoisotopic (exact) mass is 226 g/mol. The number of ether oxygens (including phenoxy) is 1. The number of carbonyl (C=O) groups excluding carboxylic acids is 2. The summed E-state index contributed by atoms with van der Waals surface area (Å²) >= 11 is 0. The van der Waals surface area contributed by atoms with Gasteiger partial charge in [0.25, 0.3) is 0 Å². The van der Waals surface area contributed by atoms with Gasteiger partial charge in [-0.3, -0.25) is 9.59 Å². The predicted octanol–water partition coefficient (Wildman–Crippen LogP) is 0.948. The van der Waals surface area contributed by atoms with E-state index in [-0.39, 0.29) is 19.1 Å². The Morgan fingerprint density at radius 2 is 2.00 bits per heavy atom. The first-order valence-corrected chi connectivity index (χ1v) is 5.23. The lowest BCUT2D eigenvalue weighted by atomic mass is 9.88. The maximum absolute atomic E-state index is 11.9. The SMILES string of the molecule is CCOC(=O)CN(C)C(=O)C(C)(C#N)CC. The van der Waals surface area contributed by atoms with Crippen molar-refractivity contribution >= 4 is 11.9 Å². The Morgan fingerprint density at radius 3 is 2.38 bits per heavy atom. The highest BCUT2D eigenvalue weighted by Gasteiger charge is 2.34. The molecule has 5 nitrogen and oxygen atoms in total. The van der Waals surface area contributed by atoms with Gasteiger partial charge in [-0.1, -0.05) is 6.92 Å². The molecular formula is C11H18N2O3. The number of hydrogen-bond acceptors (Lipinski definition) is 4. The lowest BCUT2D eigenvalue weighted by Crippen LogP contribution is -2.42. The molecule has 0 aromatic rings. The second-order valence-corrected chi connectivity index (χ2v) is 3.76. The van der Waals surface area contributed by atoms with Crippen LogP contribution in [-0.2, 0) is 14.3 Å². The average Bonchev–Trinajstić information content (AvgIpc) is 2.27. The number of hydrogen-bond donors (Lipinski definition) is 0. The predicted molar refractivity (Wildman–Crippen MR) is 58.3 cm³/mol. The minimum Gasteiger partial charge on any atom is -0.465 e. The van der Waals surface area contributed by atoms with E-state index >= 15 is 0 Å². The van der Waals surface area contributed by atoms with Gasteiger partial charge in [0.2, 0.25) is 5.91 Å². The molecule has 0 aliphatic carbocycles. The lowest BCUT2D eigenvalue weighted by molar-refractivity contribution is -0.150. The maximum atomic E-state index is 11.9. The third-order valence-corrected chi connectivity index (χ3v) is 2.44. The Morgan fingerprint density at radius 1 is 1.44 bits per heavy atom. The normalized spacial score (nSPS) is 13.4. The number of carbonyl (C=O) groups is 2. The van der Waals surface area contributed by atoms with Crippen molar-refractivity contribution < 1.29 is 14.3 Å². The molecule has 0 saturated heterocycles. The van der Waals surface area contributed by atoms with Gasteiger partial charge in [0.1, 0.15) is 12.0 Å². The second kappa shape index (κ2) is 6.11. The molecule has 1 amide bonds. The van der Waals surface area contributed by atoms with Gasteiger partial charge in [-0.25, -0.2) is 0 Å². The van der Waals surface area contributed by atoms with Crippen molar-refractivity contribution in [2.24, 2.45) is 5.41 Å². The highest BCUT2D eigenvalue weighted by atomic mass is 16.5. The van der Waals surface area contributed by atoms with E-state index in [9.17, 15) is 9.59 Å². The first-order valence-electron chi connectivity index (χ1n) is 5.23. The third kappa shape index (κ3) is 3.54. The zero-order chi connectivity index (χ0) is 12.8. The summed E-state index contributed by atoms with van der Waals surface area (Å²) in [5.41, 5.74) is -1.07. The Balaban J connectivity index is 4.51. The fourth-order valence-electron chi connectivity index (χ4n) is 1.17. The van der Waals surface area contributed by atoms with Crippen molar-refractivity contribution in [2.75, 3.05) is 20.2 Å². The maximum Gasteiger partial charge on any atom is 0.325 e. The largest absolute Gasteiger partial charge is 0.465 e. The fourth-order valence-corrected chi connectivity index (χ4v) is 1.17. The van der Waals surface area contributed by atoms with Crippen LogP contribution in [-0.4, -0.2) is 37.0 Å². The number of nitriles is 1. The molecule has 0 N–H and O–H groups in total. The van der Waals surface area contributed by atoms with Gasteiger partial charge in [0.15, 0.2) is 0 Å². The summed E-state index contributed by atoms with van der Waals surface area (Å²) in [5, 5.41) is 8.93. The summed E-state index contributed by atoms with van der Waals surface area (Å²) in [4.78, 5) is 24.3. The molecule has 0 aliphatic rings. The fraction of sp³-hybridized carbons (Fsp3) is 0.727. The Hall–Kier alpha value is -1.57. The molecule has 16 heavy (non-hydrogen) atoms. The van der Waals surface area contributed by atoms with Crippen molar-refractivity contribution in [3.8, 4) is 6.07 Å². The van der Waals surface area contributed by atoms with Gasteiger partial charge < -0.3 is 9.64 Å². The molecule has 1 unspecified atom stereocenters. The number of amides is 1. The van der Waals surface area contributed by atoms with E-state index in [0.29, 0.717) is 6.42 Å². The van der Waals surface area contributed by atoms with Gasteiger partial charge >= 0.3 is 5.97 Å². The molecule has 0 spiro atoms. The van der Waals surface area contributed by atoms with E-state index in [1.54, 1.807) is 20.8 Å². The number of likely N-dealkylation sites (N-methyl/N-ethyl adjacent to an activating group) is 1. The molecule has 0 aromatic heterocycles. The minimum atomic E-state index is -1.07.